The van der Waals surface area contributed by atoms with Crippen LogP contribution in [0.4, 0.5) is 0 Å². The van der Waals surface area contributed by atoms with E-state index < -0.39 is 0 Å². The Morgan fingerprint density at radius 2 is 1.89 bits per heavy atom. The molecule has 1 saturated heterocycles. The molecule has 0 aromatic carbocycles. The second-order valence-electron chi connectivity index (χ2n) is 6.23. The summed E-state index contributed by atoms with van der Waals surface area (Å²) < 4.78 is 5.52. The van der Waals surface area contributed by atoms with Gasteiger partial charge in [-0.15, -0.1) is 0 Å². The first-order valence-corrected chi connectivity index (χ1v) is 7.48. The number of hydrogen-bond acceptors (Lipinski definition) is 5. The maximum Gasteiger partial charge on any atom is 0.229 e. The molecule has 1 saturated carbocycles. The lowest BCUT2D eigenvalue weighted by molar-refractivity contribution is 0.0924. The van der Waals surface area contributed by atoms with E-state index in [1.807, 2.05) is 0 Å². The average Bonchev–Trinajstić information content (AvgIpc) is 3.10. The van der Waals surface area contributed by atoms with Crippen molar-refractivity contribution in [1.82, 2.24) is 20.4 Å². The van der Waals surface area contributed by atoms with Crippen LogP contribution < -0.4 is 5.32 Å². The van der Waals surface area contributed by atoms with Gasteiger partial charge in [-0.1, -0.05) is 18.0 Å². The van der Waals surface area contributed by atoms with Crippen LogP contribution in [0, 0.1) is 0 Å². The van der Waals surface area contributed by atoms with Gasteiger partial charge in [0.15, 0.2) is 5.82 Å². The van der Waals surface area contributed by atoms with E-state index in [1.54, 1.807) is 0 Å². The fraction of sp³-hybridized carbons (Fsp3) is 0.857. The van der Waals surface area contributed by atoms with Crippen LogP contribution in [0.1, 0.15) is 57.2 Å². The first-order chi connectivity index (χ1) is 9.18. The van der Waals surface area contributed by atoms with E-state index in [-0.39, 0.29) is 5.54 Å². The summed E-state index contributed by atoms with van der Waals surface area (Å²) in [6, 6.07) is 0. The van der Waals surface area contributed by atoms with Crippen molar-refractivity contribution < 1.29 is 4.52 Å². The van der Waals surface area contributed by atoms with Crippen LogP contribution in [0.2, 0.25) is 0 Å². The Labute approximate surface area is 114 Å². The topological polar surface area (TPSA) is 54.2 Å². The van der Waals surface area contributed by atoms with Gasteiger partial charge in [0.2, 0.25) is 5.89 Å². The van der Waals surface area contributed by atoms with E-state index in [0.29, 0.717) is 5.92 Å². The van der Waals surface area contributed by atoms with Crippen molar-refractivity contribution >= 4 is 0 Å². The Kier molecular flexibility index (Phi) is 3.58. The van der Waals surface area contributed by atoms with Gasteiger partial charge in [0.1, 0.15) is 0 Å². The van der Waals surface area contributed by atoms with E-state index >= 15 is 0 Å². The minimum Gasteiger partial charge on any atom is -0.339 e. The lowest BCUT2D eigenvalue weighted by Crippen LogP contribution is -2.52. The number of rotatable bonds is 3. The summed E-state index contributed by atoms with van der Waals surface area (Å²) in [5.74, 6) is 2.20. The summed E-state index contributed by atoms with van der Waals surface area (Å²) in [7, 11) is 0. The van der Waals surface area contributed by atoms with E-state index in [1.165, 1.54) is 25.7 Å². The Morgan fingerprint density at radius 1 is 1.21 bits per heavy atom. The Morgan fingerprint density at radius 3 is 2.58 bits per heavy atom. The Bertz CT molecular complexity index is 417. The lowest BCUT2D eigenvalue weighted by atomic mass is 10.0. The number of piperazine rings is 1. The third kappa shape index (κ3) is 2.54. The first kappa shape index (κ1) is 13.1. The van der Waals surface area contributed by atoms with Gasteiger partial charge in [-0.2, -0.15) is 4.98 Å². The van der Waals surface area contributed by atoms with Crippen molar-refractivity contribution in [2.24, 2.45) is 0 Å². The van der Waals surface area contributed by atoms with Crippen LogP contribution in [0.25, 0.3) is 0 Å². The van der Waals surface area contributed by atoms with Crippen LogP contribution in [0.3, 0.4) is 0 Å². The van der Waals surface area contributed by atoms with Gasteiger partial charge in [-0.3, -0.25) is 4.90 Å². The molecule has 0 bridgehead atoms. The highest BCUT2D eigenvalue weighted by Crippen LogP contribution is 2.34. The summed E-state index contributed by atoms with van der Waals surface area (Å²) in [6.07, 6.45) is 5.00. The highest BCUT2D eigenvalue weighted by atomic mass is 16.5. The minimum absolute atomic E-state index is 0.136. The molecule has 5 heteroatoms. The monoisotopic (exact) mass is 264 g/mol. The molecule has 1 aliphatic heterocycles. The van der Waals surface area contributed by atoms with Gasteiger partial charge in [0.05, 0.1) is 5.54 Å². The molecule has 1 aromatic rings. The summed E-state index contributed by atoms with van der Waals surface area (Å²) in [5.41, 5.74) is -0.136. The zero-order chi connectivity index (χ0) is 13.3. The molecule has 0 unspecified atom stereocenters. The van der Waals surface area contributed by atoms with Gasteiger partial charge in [-0.05, 0) is 26.7 Å². The third-order valence-electron chi connectivity index (χ3n) is 4.60. The van der Waals surface area contributed by atoms with Gasteiger partial charge in [0, 0.05) is 32.1 Å². The summed E-state index contributed by atoms with van der Waals surface area (Å²) >= 11 is 0. The summed E-state index contributed by atoms with van der Waals surface area (Å²) in [5, 5.41) is 7.64. The smallest absolute Gasteiger partial charge is 0.229 e. The van der Waals surface area contributed by atoms with Crippen molar-refractivity contribution in [3.05, 3.63) is 11.7 Å². The van der Waals surface area contributed by atoms with Gasteiger partial charge in [-0.25, -0.2) is 0 Å². The van der Waals surface area contributed by atoms with Crippen LogP contribution in [0.15, 0.2) is 4.52 Å². The van der Waals surface area contributed by atoms with Gasteiger partial charge in [0.25, 0.3) is 0 Å². The SMILES string of the molecule is CC(C)(c1noc(C2CCCC2)n1)N1CCNCC1. The molecule has 0 spiro atoms. The second kappa shape index (κ2) is 5.21. The molecule has 1 aromatic heterocycles. The second-order valence-corrected chi connectivity index (χ2v) is 6.23. The maximum absolute atomic E-state index is 5.52. The van der Waals surface area contributed by atoms with Gasteiger partial charge >= 0.3 is 0 Å². The normalized spacial score (nSPS) is 23.1. The van der Waals surface area contributed by atoms with Crippen LogP contribution in [-0.4, -0.2) is 41.2 Å². The molecule has 1 aliphatic carbocycles. The number of hydrogen-bond donors (Lipinski definition) is 1. The quantitative estimate of drug-likeness (QED) is 0.903. The Hall–Kier alpha value is -0.940. The van der Waals surface area contributed by atoms with E-state index in [4.69, 9.17) is 9.51 Å². The predicted octanol–water partition coefficient (Wildman–Crippen LogP) is 1.87. The lowest BCUT2D eigenvalue weighted by Gasteiger charge is -2.38. The molecule has 0 radical (unpaired) electrons. The number of nitrogens with one attached hydrogen (secondary N) is 1. The molecule has 5 nitrogen and oxygen atoms in total. The van der Waals surface area contributed by atoms with Crippen molar-refractivity contribution in [1.29, 1.82) is 0 Å². The molecule has 2 heterocycles. The van der Waals surface area contributed by atoms with E-state index in [0.717, 1.165) is 37.9 Å². The fourth-order valence-electron chi connectivity index (χ4n) is 3.19. The molecule has 0 atom stereocenters. The van der Waals surface area contributed by atoms with Crippen molar-refractivity contribution in [3.63, 3.8) is 0 Å². The molecule has 1 N–H and O–H groups in total. The van der Waals surface area contributed by atoms with Crippen molar-refractivity contribution in [2.75, 3.05) is 26.2 Å². The standard InChI is InChI=1S/C14H24N4O/c1-14(2,18-9-7-15-8-10-18)13-16-12(19-17-13)11-5-3-4-6-11/h11,15H,3-10H2,1-2H3. The molecular formula is C14H24N4O. The van der Waals surface area contributed by atoms with Crippen molar-refractivity contribution in [2.45, 2.75) is 51.0 Å². The Balaban J connectivity index is 1.76. The van der Waals surface area contributed by atoms with E-state index in [9.17, 15) is 0 Å². The van der Waals surface area contributed by atoms with Crippen molar-refractivity contribution in [3.8, 4) is 0 Å². The number of nitrogens with zero attached hydrogens (tertiary/aromatic N) is 3. The molecular weight excluding hydrogens is 240 g/mol. The predicted molar refractivity (Wildman–Crippen MR) is 73.0 cm³/mol. The number of aromatic nitrogens is 2. The fourth-order valence-corrected chi connectivity index (χ4v) is 3.19. The third-order valence-corrected chi connectivity index (χ3v) is 4.60. The van der Waals surface area contributed by atoms with Crippen LogP contribution in [0.5, 0.6) is 0 Å². The molecule has 19 heavy (non-hydrogen) atoms. The largest absolute Gasteiger partial charge is 0.339 e. The molecule has 106 valence electrons. The van der Waals surface area contributed by atoms with Gasteiger partial charge < -0.3 is 9.84 Å². The molecule has 2 fully saturated rings. The average molecular weight is 264 g/mol. The first-order valence-electron chi connectivity index (χ1n) is 7.48. The highest BCUT2D eigenvalue weighted by molar-refractivity contribution is 5.05. The zero-order valence-electron chi connectivity index (χ0n) is 12.0. The molecule has 3 rings (SSSR count). The maximum atomic E-state index is 5.52. The van der Waals surface area contributed by atoms with Crippen LogP contribution in [-0.2, 0) is 5.54 Å². The minimum atomic E-state index is -0.136. The summed E-state index contributed by atoms with van der Waals surface area (Å²) in [6.45, 7) is 8.55. The summed E-state index contributed by atoms with van der Waals surface area (Å²) in [4.78, 5) is 7.14. The molecule has 0 amide bonds. The molecule has 2 aliphatic rings. The highest BCUT2D eigenvalue weighted by Gasteiger charge is 2.35. The van der Waals surface area contributed by atoms with Crippen LogP contribution >= 0.6 is 0 Å². The zero-order valence-corrected chi connectivity index (χ0v) is 12.0. The van der Waals surface area contributed by atoms with E-state index in [2.05, 4.69) is 29.2 Å².